The molecule has 1 rings (SSSR count). The molecule has 0 aromatic carbocycles. The van der Waals surface area contributed by atoms with Crippen molar-refractivity contribution in [2.24, 2.45) is 0 Å². The summed E-state index contributed by atoms with van der Waals surface area (Å²) in [5, 5.41) is 12.4. The SMILES string of the molecule is COCC(O)CCNc1cccc(N)n1. The lowest BCUT2D eigenvalue weighted by molar-refractivity contribution is 0.0615. The van der Waals surface area contributed by atoms with E-state index in [-0.39, 0.29) is 0 Å². The third kappa shape index (κ3) is 4.62. The number of nitrogens with zero attached hydrogens (tertiary/aromatic N) is 1. The molecule has 0 aliphatic rings. The molecular formula is C10H17N3O2. The maximum atomic E-state index is 9.37. The van der Waals surface area contributed by atoms with Gasteiger partial charge in [0.15, 0.2) is 0 Å². The molecule has 0 saturated carbocycles. The third-order valence-corrected chi connectivity index (χ3v) is 1.91. The van der Waals surface area contributed by atoms with Gasteiger partial charge in [0.1, 0.15) is 11.6 Å². The van der Waals surface area contributed by atoms with Crippen LogP contribution in [0.2, 0.25) is 0 Å². The first-order chi connectivity index (χ1) is 7.22. The first kappa shape index (κ1) is 11.7. The molecule has 0 aliphatic heterocycles. The van der Waals surface area contributed by atoms with Gasteiger partial charge in [-0.15, -0.1) is 0 Å². The van der Waals surface area contributed by atoms with E-state index in [0.29, 0.717) is 25.4 Å². The first-order valence-corrected chi connectivity index (χ1v) is 4.86. The zero-order valence-electron chi connectivity index (χ0n) is 8.81. The highest BCUT2D eigenvalue weighted by Crippen LogP contribution is 2.05. The average Bonchev–Trinajstić information content (AvgIpc) is 2.18. The van der Waals surface area contributed by atoms with Gasteiger partial charge in [-0.05, 0) is 18.6 Å². The zero-order chi connectivity index (χ0) is 11.1. The smallest absolute Gasteiger partial charge is 0.128 e. The summed E-state index contributed by atoms with van der Waals surface area (Å²) in [4.78, 5) is 4.07. The number of methoxy groups -OCH3 is 1. The Morgan fingerprint density at radius 1 is 1.60 bits per heavy atom. The van der Waals surface area contributed by atoms with Crippen molar-refractivity contribution in [3.8, 4) is 0 Å². The number of anilines is 2. The Labute approximate surface area is 89.3 Å². The van der Waals surface area contributed by atoms with Gasteiger partial charge in [0.2, 0.25) is 0 Å². The first-order valence-electron chi connectivity index (χ1n) is 4.86. The van der Waals surface area contributed by atoms with E-state index < -0.39 is 6.10 Å². The van der Waals surface area contributed by atoms with E-state index in [1.165, 1.54) is 0 Å². The second kappa shape index (κ2) is 6.21. The highest BCUT2D eigenvalue weighted by molar-refractivity contribution is 5.41. The van der Waals surface area contributed by atoms with Gasteiger partial charge in [0, 0.05) is 13.7 Å². The van der Waals surface area contributed by atoms with Gasteiger partial charge in [0.05, 0.1) is 12.7 Å². The number of rotatable bonds is 6. The normalized spacial score (nSPS) is 12.4. The highest BCUT2D eigenvalue weighted by Gasteiger charge is 2.02. The van der Waals surface area contributed by atoms with Crippen LogP contribution in [-0.4, -0.2) is 36.5 Å². The molecule has 1 atom stereocenters. The number of ether oxygens (including phenoxy) is 1. The van der Waals surface area contributed by atoms with Gasteiger partial charge in [-0.3, -0.25) is 0 Å². The fraction of sp³-hybridized carbons (Fsp3) is 0.500. The molecule has 5 nitrogen and oxygen atoms in total. The molecule has 0 amide bonds. The molecule has 15 heavy (non-hydrogen) atoms. The lowest BCUT2D eigenvalue weighted by atomic mass is 10.2. The van der Waals surface area contributed by atoms with Gasteiger partial charge in [0.25, 0.3) is 0 Å². The van der Waals surface area contributed by atoms with E-state index in [4.69, 9.17) is 10.5 Å². The summed E-state index contributed by atoms with van der Waals surface area (Å²) in [6.07, 6.45) is 0.174. The topological polar surface area (TPSA) is 80.4 Å². The van der Waals surface area contributed by atoms with Gasteiger partial charge < -0.3 is 20.9 Å². The molecule has 0 aliphatic carbocycles. The number of hydrogen-bond acceptors (Lipinski definition) is 5. The number of nitrogens with two attached hydrogens (primary N) is 1. The Balaban J connectivity index is 2.25. The number of nitrogen functional groups attached to an aromatic ring is 1. The Kier molecular flexibility index (Phi) is 4.86. The van der Waals surface area contributed by atoms with E-state index in [1.807, 2.05) is 12.1 Å². The van der Waals surface area contributed by atoms with Crippen molar-refractivity contribution in [3.63, 3.8) is 0 Å². The van der Waals surface area contributed by atoms with E-state index in [1.54, 1.807) is 13.2 Å². The fourth-order valence-electron chi connectivity index (χ4n) is 1.19. The van der Waals surface area contributed by atoms with Crippen molar-refractivity contribution < 1.29 is 9.84 Å². The predicted molar refractivity (Wildman–Crippen MR) is 59.6 cm³/mol. The van der Waals surface area contributed by atoms with Crippen LogP contribution in [0.25, 0.3) is 0 Å². The molecule has 1 aromatic heterocycles. The van der Waals surface area contributed by atoms with Crippen molar-refractivity contribution in [1.82, 2.24) is 4.98 Å². The number of nitrogens with one attached hydrogen (secondary N) is 1. The van der Waals surface area contributed by atoms with Crippen LogP contribution in [0.4, 0.5) is 11.6 Å². The van der Waals surface area contributed by atoms with Crippen LogP contribution < -0.4 is 11.1 Å². The summed E-state index contributed by atoms with van der Waals surface area (Å²) >= 11 is 0. The largest absolute Gasteiger partial charge is 0.391 e. The second-order valence-electron chi connectivity index (χ2n) is 3.27. The number of aliphatic hydroxyl groups is 1. The van der Waals surface area contributed by atoms with Crippen molar-refractivity contribution in [3.05, 3.63) is 18.2 Å². The minimum atomic E-state index is -0.441. The quantitative estimate of drug-likeness (QED) is 0.637. The molecule has 5 heteroatoms. The predicted octanol–water partition coefficient (Wildman–Crippen LogP) is 0.473. The maximum absolute atomic E-state index is 9.37. The number of aromatic nitrogens is 1. The molecule has 0 radical (unpaired) electrons. The minimum absolute atomic E-state index is 0.353. The van der Waals surface area contributed by atoms with Gasteiger partial charge in [-0.2, -0.15) is 0 Å². The Morgan fingerprint density at radius 2 is 2.40 bits per heavy atom. The van der Waals surface area contributed by atoms with E-state index in [9.17, 15) is 5.11 Å². The molecule has 4 N–H and O–H groups in total. The van der Waals surface area contributed by atoms with Gasteiger partial charge in [-0.1, -0.05) is 6.07 Å². The summed E-state index contributed by atoms with van der Waals surface area (Å²) < 4.78 is 4.81. The summed E-state index contributed by atoms with van der Waals surface area (Å²) in [5.41, 5.74) is 5.52. The van der Waals surface area contributed by atoms with Gasteiger partial charge >= 0.3 is 0 Å². The van der Waals surface area contributed by atoms with Gasteiger partial charge in [-0.25, -0.2) is 4.98 Å². The Hall–Kier alpha value is -1.33. The van der Waals surface area contributed by atoms with E-state index in [0.717, 1.165) is 5.82 Å². The van der Waals surface area contributed by atoms with Crippen LogP contribution >= 0.6 is 0 Å². The van der Waals surface area contributed by atoms with Crippen molar-refractivity contribution in [2.45, 2.75) is 12.5 Å². The van der Waals surface area contributed by atoms with Crippen LogP contribution in [-0.2, 0) is 4.74 Å². The van der Waals surface area contributed by atoms with Crippen LogP contribution in [0.1, 0.15) is 6.42 Å². The van der Waals surface area contributed by atoms with Crippen molar-refractivity contribution in [1.29, 1.82) is 0 Å². The summed E-state index contributed by atoms with van der Waals surface area (Å²) in [7, 11) is 1.57. The molecular weight excluding hydrogens is 194 g/mol. The molecule has 84 valence electrons. The average molecular weight is 211 g/mol. The number of aliphatic hydroxyl groups excluding tert-OH is 1. The van der Waals surface area contributed by atoms with Crippen molar-refractivity contribution >= 4 is 11.6 Å². The van der Waals surface area contributed by atoms with E-state index >= 15 is 0 Å². The highest BCUT2D eigenvalue weighted by atomic mass is 16.5. The Morgan fingerprint density at radius 3 is 3.07 bits per heavy atom. The summed E-state index contributed by atoms with van der Waals surface area (Å²) in [5.74, 6) is 1.21. The van der Waals surface area contributed by atoms with Crippen LogP contribution in [0, 0.1) is 0 Å². The fourth-order valence-corrected chi connectivity index (χ4v) is 1.19. The minimum Gasteiger partial charge on any atom is -0.391 e. The second-order valence-corrected chi connectivity index (χ2v) is 3.27. The zero-order valence-corrected chi connectivity index (χ0v) is 8.81. The molecule has 0 fully saturated rings. The number of hydrogen-bond donors (Lipinski definition) is 3. The Bertz CT molecular complexity index is 294. The van der Waals surface area contributed by atoms with Crippen LogP contribution in [0.5, 0.6) is 0 Å². The summed E-state index contributed by atoms with van der Waals surface area (Å²) in [6.45, 7) is 0.993. The molecule has 0 bridgehead atoms. The van der Waals surface area contributed by atoms with Crippen LogP contribution in [0.15, 0.2) is 18.2 Å². The monoisotopic (exact) mass is 211 g/mol. The third-order valence-electron chi connectivity index (χ3n) is 1.91. The molecule has 0 spiro atoms. The molecule has 1 aromatic rings. The van der Waals surface area contributed by atoms with Crippen molar-refractivity contribution in [2.75, 3.05) is 31.3 Å². The maximum Gasteiger partial charge on any atom is 0.128 e. The molecule has 1 heterocycles. The molecule has 0 saturated heterocycles. The standard InChI is InChI=1S/C10H17N3O2/c1-15-7-8(14)5-6-12-10-4-2-3-9(11)13-10/h2-4,8,14H,5-7H2,1H3,(H3,11,12,13). The number of pyridine rings is 1. The molecule has 1 unspecified atom stereocenters. The summed E-state index contributed by atoms with van der Waals surface area (Å²) in [6, 6.07) is 5.39. The van der Waals surface area contributed by atoms with E-state index in [2.05, 4.69) is 10.3 Å². The van der Waals surface area contributed by atoms with Crippen LogP contribution in [0.3, 0.4) is 0 Å². The lowest BCUT2D eigenvalue weighted by Gasteiger charge is -2.10. The lowest BCUT2D eigenvalue weighted by Crippen LogP contribution is -2.18.